The average Bonchev–Trinajstić information content (AvgIpc) is 3.14. The normalized spacial score (nSPS) is 18.9. The Morgan fingerprint density at radius 2 is 1.92 bits per heavy atom. The first kappa shape index (κ1) is 18.0. The quantitative estimate of drug-likeness (QED) is 0.878. The monoisotopic (exact) mass is 386 g/mol. The fourth-order valence-electron chi connectivity index (χ4n) is 2.75. The van der Waals surface area contributed by atoms with Crippen molar-refractivity contribution < 1.29 is 22.0 Å². The van der Waals surface area contributed by atoms with Gasteiger partial charge in [-0.3, -0.25) is 4.79 Å². The molecule has 0 aliphatic carbocycles. The summed E-state index contributed by atoms with van der Waals surface area (Å²) < 4.78 is 53.9. The summed E-state index contributed by atoms with van der Waals surface area (Å²) >= 11 is 1.11. The molecule has 0 unspecified atom stereocenters. The number of halogens is 2. The van der Waals surface area contributed by atoms with Crippen LogP contribution in [0.15, 0.2) is 39.9 Å². The lowest BCUT2D eigenvalue weighted by Gasteiger charge is -2.30. The Kier molecular flexibility index (Phi) is 5.16. The van der Waals surface area contributed by atoms with Gasteiger partial charge in [0, 0.05) is 13.1 Å². The predicted molar refractivity (Wildman–Crippen MR) is 90.8 cm³/mol. The van der Waals surface area contributed by atoms with Crippen LogP contribution in [0.4, 0.5) is 14.5 Å². The molecular weight excluding hydrogens is 370 g/mol. The summed E-state index contributed by atoms with van der Waals surface area (Å²) in [5, 5.41) is 3.92. The van der Waals surface area contributed by atoms with Crippen molar-refractivity contribution in [3.63, 3.8) is 0 Å². The zero-order valence-corrected chi connectivity index (χ0v) is 14.7. The minimum Gasteiger partial charge on any atom is -0.321 e. The molecule has 1 amide bonds. The number of anilines is 1. The highest BCUT2D eigenvalue weighted by Crippen LogP contribution is 2.27. The highest BCUT2D eigenvalue weighted by atomic mass is 32.2. The van der Waals surface area contributed by atoms with E-state index in [9.17, 15) is 22.0 Å². The molecule has 0 bridgehead atoms. The van der Waals surface area contributed by atoms with Crippen molar-refractivity contribution in [2.75, 3.05) is 18.4 Å². The maximum absolute atomic E-state index is 13.7. The summed E-state index contributed by atoms with van der Waals surface area (Å²) in [6.07, 6.45) is 0.959. The molecule has 1 saturated heterocycles. The van der Waals surface area contributed by atoms with Crippen molar-refractivity contribution in [3.8, 4) is 0 Å². The number of thiophene rings is 1. The molecule has 2 aromatic rings. The van der Waals surface area contributed by atoms with Gasteiger partial charge in [0.15, 0.2) is 0 Å². The van der Waals surface area contributed by atoms with E-state index >= 15 is 0 Å². The number of carbonyl (C=O) groups is 1. The third kappa shape index (κ3) is 3.73. The Hall–Kier alpha value is -1.84. The molecule has 3 rings (SSSR count). The summed E-state index contributed by atoms with van der Waals surface area (Å²) in [7, 11) is -3.65. The van der Waals surface area contributed by atoms with E-state index in [1.165, 1.54) is 16.4 Å². The first-order valence-corrected chi connectivity index (χ1v) is 10.00. The third-order valence-corrected chi connectivity index (χ3v) is 7.29. The number of rotatable bonds is 4. The van der Waals surface area contributed by atoms with Gasteiger partial charge in [-0.05, 0) is 36.4 Å². The van der Waals surface area contributed by atoms with Crippen molar-refractivity contribution >= 4 is 33.0 Å². The lowest BCUT2D eigenvalue weighted by Crippen LogP contribution is -2.43. The fraction of sp³-hybridized carbons (Fsp3) is 0.312. The number of para-hydroxylation sites is 1. The van der Waals surface area contributed by atoms with Crippen molar-refractivity contribution in [3.05, 3.63) is 47.3 Å². The second kappa shape index (κ2) is 7.19. The highest BCUT2D eigenvalue weighted by Gasteiger charge is 2.34. The van der Waals surface area contributed by atoms with Gasteiger partial charge in [0.1, 0.15) is 21.5 Å². The minimum atomic E-state index is -3.65. The van der Waals surface area contributed by atoms with E-state index in [1.54, 1.807) is 11.4 Å². The Morgan fingerprint density at radius 1 is 1.20 bits per heavy atom. The summed E-state index contributed by atoms with van der Waals surface area (Å²) in [5.74, 6) is -2.99. The van der Waals surface area contributed by atoms with Crippen LogP contribution in [0, 0.1) is 17.6 Å². The molecule has 1 aromatic heterocycles. The van der Waals surface area contributed by atoms with Gasteiger partial charge in [-0.25, -0.2) is 17.2 Å². The first-order valence-electron chi connectivity index (χ1n) is 7.68. The van der Waals surface area contributed by atoms with E-state index in [0.29, 0.717) is 19.4 Å². The van der Waals surface area contributed by atoms with Crippen LogP contribution >= 0.6 is 11.3 Å². The lowest BCUT2D eigenvalue weighted by atomic mass is 9.98. The molecule has 1 atom stereocenters. The zero-order chi connectivity index (χ0) is 18.0. The Morgan fingerprint density at radius 3 is 2.56 bits per heavy atom. The average molecular weight is 386 g/mol. The molecular formula is C16H16F2N2O3S2. The fourth-order valence-corrected chi connectivity index (χ4v) is 5.42. The largest absolute Gasteiger partial charge is 0.321 e. The number of hydrogen-bond acceptors (Lipinski definition) is 4. The van der Waals surface area contributed by atoms with Gasteiger partial charge in [-0.2, -0.15) is 4.31 Å². The molecule has 1 aliphatic heterocycles. The Labute approximate surface area is 148 Å². The van der Waals surface area contributed by atoms with Crippen molar-refractivity contribution in [1.29, 1.82) is 0 Å². The van der Waals surface area contributed by atoms with E-state index in [1.807, 2.05) is 0 Å². The molecule has 9 heteroatoms. The summed E-state index contributed by atoms with van der Waals surface area (Å²) in [6.45, 7) is 0.306. The summed E-state index contributed by atoms with van der Waals surface area (Å²) in [4.78, 5) is 12.4. The third-order valence-electron chi connectivity index (χ3n) is 4.06. The van der Waals surface area contributed by atoms with Crippen LogP contribution in [0.5, 0.6) is 0 Å². The Balaban J connectivity index is 1.74. The van der Waals surface area contributed by atoms with E-state index in [-0.39, 0.29) is 10.8 Å². The second-order valence-electron chi connectivity index (χ2n) is 5.72. The van der Waals surface area contributed by atoms with Gasteiger partial charge < -0.3 is 5.32 Å². The topological polar surface area (TPSA) is 66.5 Å². The number of nitrogens with one attached hydrogen (secondary N) is 1. The predicted octanol–water partition coefficient (Wildman–Crippen LogP) is 3.07. The van der Waals surface area contributed by atoms with Crippen LogP contribution in [-0.4, -0.2) is 31.7 Å². The van der Waals surface area contributed by atoms with Gasteiger partial charge in [0.25, 0.3) is 10.0 Å². The zero-order valence-electron chi connectivity index (χ0n) is 13.1. The van der Waals surface area contributed by atoms with E-state index < -0.39 is 39.2 Å². The van der Waals surface area contributed by atoms with Crippen molar-refractivity contribution in [2.45, 2.75) is 17.1 Å². The molecule has 1 fully saturated rings. The second-order valence-corrected chi connectivity index (χ2v) is 8.83. The standard InChI is InChI=1S/C16H16F2N2O3S2/c17-12-5-1-6-13(18)15(12)19-16(21)11-4-2-8-20(10-11)25(22,23)14-7-3-9-24-14/h1,3,5-7,9,11H,2,4,8,10H2,(H,19,21)/t11-/m1/s1. The molecule has 0 radical (unpaired) electrons. The maximum Gasteiger partial charge on any atom is 0.252 e. The first-order chi connectivity index (χ1) is 11.9. The number of sulfonamides is 1. The number of hydrogen-bond donors (Lipinski definition) is 1. The molecule has 1 N–H and O–H groups in total. The SMILES string of the molecule is O=C(Nc1c(F)cccc1F)[C@@H]1CCCN(S(=O)(=O)c2cccs2)C1. The maximum atomic E-state index is 13.7. The van der Waals surface area contributed by atoms with Crippen LogP contribution < -0.4 is 5.32 Å². The van der Waals surface area contributed by atoms with Gasteiger partial charge in [0.2, 0.25) is 5.91 Å². The van der Waals surface area contributed by atoms with Gasteiger partial charge in [0.05, 0.1) is 5.92 Å². The molecule has 2 heterocycles. The summed E-state index contributed by atoms with van der Waals surface area (Å²) in [6, 6.07) is 6.46. The number of carbonyl (C=O) groups excluding carboxylic acids is 1. The molecule has 1 aliphatic rings. The minimum absolute atomic E-state index is 0.0118. The highest BCUT2D eigenvalue weighted by molar-refractivity contribution is 7.91. The van der Waals surface area contributed by atoms with E-state index in [0.717, 1.165) is 23.5 Å². The van der Waals surface area contributed by atoms with Crippen LogP contribution in [0.25, 0.3) is 0 Å². The molecule has 0 spiro atoms. The van der Waals surface area contributed by atoms with E-state index in [2.05, 4.69) is 5.32 Å². The number of piperidine rings is 1. The van der Waals surface area contributed by atoms with Crippen LogP contribution in [0.1, 0.15) is 12.8 Å². The molecule has 0 saturated carbocycles. The molecule has 25 heavy (non-hydrogen) atoms. The van der Waals surface area contributed by atoms with Crippen molar-refractivity contribution in [1.82, 2.24) is 4.31 Å². The molecule has 134 valence electrons. The van der Waals surface area contributed by atoms with Gasteiger partial charge in [-0.1, -0.05) is 12.1 Å². The smallest absolute Gasteiger partial charge is 0.252 e. The Bertz CT molecular complexity index is 849. The number of benzene rings is 1. The number of amides is 1. The lowest BCUT2D eigenvalue weighted by molar-refractivity contribution is -0.120. The van der Waals surface area contributed by atoms with E-state index in [4.69, 9.17) is 0 Å². The van der Waals surface area contributed by atoms with Gasteiger partial charge in [-0.15, -0.1) is 11.3 Å². The van der Waals surface area contributed by atoms with Crippen molar-refractivity contribution in [2.24, 2.45) is 5.92 Å². The summed E-state index contributed by atoms with van der Waals surface area (Å²) in [5.41, 5.74) is -0.509. The molecule has 5 nitrogen and oxygen atoms in total. The van der Waals surface area contributed by atoms with Crippen LogP contribution in [0.3, 0.4) is 0 Å². The molecule has 1 aromatic carbocycles. The number of nitrogens with zero attached hydrogens (tertiary/aromatic N) is 1. The van der Waals surface area contributed by atoms with Crippen LogP contribution in [-0.2, 0) is 14.8 Å². The van der Waals surface area contributed by atoms with Gasteiger partial charge >= 0.3 is 0 Å². The van der Waals surface area contributed by atoms with Crippen LogP contribution in [0.2, 0.25) is 0 Å².